The van der Waals surface area contributed by atoms with Crippen molar-refractivity contribution in [1.82, 2.24) is 25.2 Å². The zero-order valence-corrected chi connectivity index (χ0v) is 14.7. The van der Waals surface area contributed by atoms with Crippen molar-refractivity contribution < 1.29 is 9.59 Å². The molecule has 25 heavy (non-hydrogen) atoms. The van der Waals surface area contributed by atoms with Crippen LogP contribution in [0.15, 0.2) is 18.2 Å². The summed E-state index contributed by atoms with van der Waals surface area (Å²) < 4.78 is 0. The first-order valence-corrected chi connectivity index (χ1v) is 8.77. The number of rotatable bonds is 4. The van der Waals surface area contributed by atoms with E-state index in [-0.39, 0.29) is 17.9 Å². The summed E-state index contributed by atoms with van der Waals surface area (Å²) >= 11 is 0. The number of fused-ring (bicyclic) bond motifs is 1. The molecule has 1 aromatic carbocycles. The van der Waals surface area contributed by atoms with E-state index in [1.54, 1.807) is 23.1 Å². The van der Waals surface area contributed by atoms with Gasteiger partial charge in [-0.3, -0.25) is 4.79 Å². The lowest BCUT2D eigenvalue weighted by Crippen LogP contribution is -2.47. The summed E-state index contributed by atoms with van der Waals surface area (Å²) in [6.07, 6.45) is 1.68. The fraction of sp³-hybridized carbons (Fsp3) is 0.529. The number of hydrogen-bond acceptors (Lipinski definition) is 4. The Morgan fingerprint density at radius 1 is 1.28 bits per heavy atom. The van der Waals surface area contributed by atoms with Gasteiger partial charge in [-0.05, 0) is 44.9 Å². The molecule has 0 bridgehead atoms. The predicted molar refractivity (Wildman–Crippen MR) is 95.1 cm³/mol. The first kappa shape index (κ1) is 17.2. The molecule has 2 aromatic rings. The number of urea groups is 1. The molecule has 2 heterocycles. The van der Waals surface area contributed by atoms with Crippen LogP contribution in [0.1, 0.15) is 26.7 Å². The minimum absolute atomic E-state index is 0.113. The first-order chi connectivity index (χ1) is 12.1. The van der Waals surface area contributed by atoms with Gasteiger partial charge in [-0.1, -0.05) is 0 Å². The van der Waals surface area contributed by atoms with Gasteiger partial charge in [-0.15, -0.1) is 0 Å². The average molecular weight is 344 g/mol. The first-order valence-electron chi connectivity index (χ1n) is 8.77. The molecule has 0 unspecified atom stereocenters. The standard InChI is InChI=1S/C17H24N6O2/c1-3-22(4-2)16(24)12-6-5-9-23(11-12)17(25)18-13-7-8-14-15(10-13)20-21-19-14/h7-8,10,12H,3-6,9,11H2,1-2H3,(H,18,25)(H,19,20,21)/t12-/m0/s1. The van der Waals surface area contributed by atoms with E-state index in [1.807, 2.05) is 18.7 Å². The summed E-state index contributed by atoms with van der Waals surface area (Å²) in [6, 6.07) is 5.20. The van der Waals surface area contributed by atoms with E-state index in [1.165, 1.54) is 0 Å². The van der Waals surface area contributed by atoms with Gasteiger partial charge in [-0.2, -0.15) is 15.4 Å². The van der Waals surface area contributed by atoms with Gasteiger partial charge in [0.2, 0.25) is 5.91 Å². The second-order valence-corrected chi connectivity index (χ2v) is 6.25. The molecule has 0 aliphatic carbocycles. The van der Waals surface area contributed by atoms with Crippen LogP contribution in [0.2, 0.25) is 0 Å². The topological polar surface area (TPSA) is 94.2 Å². The van der Waals surface area contributed by atoms with Gasteiger partial charge in [0.25, 0.3) is 0 Å². The molecule has 0 spiro atoms. The second kappa shape index (κ2) is 7.50. The zero-order chi connectivity index (χ0) is 17.8. The van der Waals surface area contributed by atoms with Crippen molar-refractivity contribution >= 4 is 28.7 Å². The van der Waals surface area contributed by atoms with Crippen molar-refractivity contribution in [3.05, 3.63) is 18.2 Å². The van der Waals surface area contributed by atoms with Crippen LogP contribution in [-0.2, 0) is 4.79 Å². The number of carbonyl (C=O) groups is 2. The number of nitrogens with one attached hydrogen (secondary N) is 2. The van der Waals surface area contributed by atoms with E-state index >= 15 is 0 Å². The van der Waals surface area contributed by atoms with Crippen LogP contribution in [0, 0.1) is 5.92 Å². The van der Waals surface area contributed by atoms with Gasteiger partial charge < -0.3 is 15.1 Å². The van der Waals surface area contributed by atoms with Crippen LogP contribution in [-0.4, -0.2) is 63.3 Å². The molecule has 2 N–H and O–H groups in total. The highest BCUT2D eigenvalue weighted by atomic mass is 16.2. The Morgan fingerprint density at radius 3 is 2.80 bits per heavy atom. The molecule has 0 radical (unpaired) electrons. The third-order valence-electron chi connectivity index (χ3n) is 4.70. The molecule has 8 heteroatoms. The van der Waals surface area contributed by atoms with Crippen LogP contribution in [0.5, 0.6) is 0 Å². The number of aromatic nitrogens is 3. The van der Waals surface area contributed by atoms with Gasteiger partial charge in [0, 0.05) is 31.9 Å². The highest BCUT2D eigenvalue weighted by Gasteiger charge is 2.30. The lowest BCUT2D eigenvalue weighted by atomic mass is 9.96. The molecule has 1 aliphatic heterocycles. The number of piperidine rings is 1. The molecule has 0 saturated carbocycles. The normalized spacial score (nSPS) is 17.5. The zero-order valence-electron chi connectivity index (χ0n) is 14.7. The number of aromatic amines is 1. The van der Waals surface area contributed by atoms with Crippen molar-refractivity contribution in [2.24, 2.45) is 5.92 Å². The monoisotopic (exact) mass is 344 g/mol. The van der Waals surface area contributed by atoms with Crippen molar-refractivity contribution in [1.29, 1.82) is 0 Å². The quantitative estimate of drug-likeness (QED) is 0.888. The molecule has 1 saturated heterocycles. The summed E-state index contributed by atoms with van der Waals surface area (Å²) in [5.74, 6) is 0.0314. The average Bonchev–Trinajstić information content (AvgIpc) is 3.10. The smallest absolute Gasteiger partial charge is 0.321 e. The molecule has 1 aliphatic rings. The SMILES string of the molecule is CCN(CC)C(=O)[C@H]1CCCN(C(=O)Nc2ccc3n[nH]nc3c2)C1. The van der Waals surface area contributed by atoms with Gasteiger partial charge in [0.15, 0.2) is 0 Å². The van der Waals surface area contributed by atoms with Crippen LogP contribution >= 0.6 is 0 Å². The summed E-state index contributed by atoms with van der Waals surface area (Å²) in [7, 11) is 0. The maximum atomic E-state index is 12.6. The van der Waals surface area contributed by atoms with E-state index in [9.17, 15) is 9.59 Å². The Bertz CT molecular complexity index is 754. The van der Waals surface area contributed by atoms with Gasteiger partial charge in [-0.25, -0.2) is 4.79 Å². The number of benzene rings is 1. The number of hydrogen-bond donors (Lipinski definition) is 2. The van der Waals surface area contributed by atoms with Crippen molar-refractivity contribution in [2.45, 2.75) is 26.7 Å². The number of amides is 3. The van der Waals surface area contributed by atoms with E-state index in [0.29, 0.717) is 37.4 Å². The van der Waals surface area contributed by atoms with Gasteiger partial charge >= 0.3 is 6.03 Å². The molecule has 1 fully saturated rings. The molecular weight excluding hydrogens is 320 g/mol. The lowest BCUT2D eigenvalue weighted by molar-refractivity contribution is -0.136. The number of likely N-dealkylation sites (tertiary alicyclic amines) is 1. The fourth-order valence-electron chi connectivity index (χ4n) is 3.28. The minimum Gasteiger partial charge on any atom is -0.343 e. The summed E-state index contributed by atoms with van der Waals surface area (Å²) in [6.45, 7) is 6.50. The van der Waals surface area contributed by atoms with E-state index < -0.39 is 0 Å². The van der Waals surface area contributed by atoms with Crippen LogP contribution in [0.25, 0.3) is 11.0 Å². The van der Waals surface area contributed by atoms with Crippen LogP contribution in [0.3, 0.4) is 0 Å². The third-order valence-corrected chi connectivity index (χ3v) is 4.70. The predicted octanol–water partition coefficient (Wildman–Crippen LogP) is 2.07. The summed E-state index contributed by atoms with van der Waals surface area (Å²) in [5, 5.41) is 13.5. The van der Waals surface area contributed by atoms with Crippen molar-refractivity contribution in [3.8, 4) is 0 Å². The van der Waals surface area contributed by atoms with Crippen LogP contribution in [0.4, 0.5) is 10.5 Å². The van der Waals surface area contributed by atoms with Gasteiger partial charge in [0.1, 0.15) is 11.0 Å². The maximum absolute atomic E-state index is 12.6. The number of carbonyl (C=O) groups excluding carboxylic acids is 2. The van der Waals surface area contributed by atoms with E-state index in [2.05, 4.69) is 20.7 Å². The second-order valence-electron chi connectivity index (χ2n) is 6.25. The highest BCUT2D eigenvalue weighted by molar-refractivity contribution is 5.92. The minimum atomic E-state index is -0.181. The molecule has 3 amide bonds. The lowest BCUT2D eigenvalue weighted by Gasteiger charge is -2.34. The highest BCUT2D eigenvalue weighted by Crippen LogP contribution is 2.21. The van der Waals surface area contributed by atoms with Gasteiger partial charge in [0.05, 0.1) is 5.92 Å². The summed E-state index contributed by atoms with van der Waals surface area (Å²) in [4.78, 5) is 28.7. The Kier molecular flexibility index (Phi) is 5.16. The van der Waals surface area contributed by atoms with Crippen molar-refractivity contribution in [3.63, 3.8) is 0 Å². The van der Waals surface area contributed by atoms with E-state index in [0.717, 1.165) is 18.4 Å². The Morgan fingerprint density at radius 2 is 2.04 bits per heavy atom. The van der Waals surface area contributed by atoms with E-state index in [4.69, 9.17) is 0 Å². The molecule has 1 atom stereocenters. The molecular formula is C17H24N6O2. The molecule has 1 aromatic heterocycles. The maximum Gasteiger partial charge on any atom is 0.321 e. The Hall–Kier alpha value is -2.64. The Labute approximate surface area is 146 Å². The largest absolute Gasteiger partial charge is 0.343 e. The molecule has 8 nitrogen and oxygen atoms in total. The Balaban J connectivity index is 1.64. The molecule has 3 rings (SSSR count). The fourth-order valence-corrected chi connectivity index (χ4v) is 3.28. The third kappa shape index (κ3) is 3.72. The number of H-pyrrole nitrogens is 1. The van der Waals surface area contributed by atoms with Crippen molar-refractivity contribution in [2.75, 3.05) is 31.5 Å². The number of nitrogens with zero attached hydrogens (tertiary/aromatic N) is 4. The van der Waals surface area contributed by atoms with Crippen LogP contribution < -0.4 is 5.32 Å². The number of anilines is 1. The summed E-state index contributed by atoms with van der Waals surface area (Å²) in [5.41, 5.74) is 2.12. The molecule has 134 valence electrons.